The van der Waals surface area contributed by atoms with E-state index in [0.29, 0.717) is 31.7 Å². The topological polar surface area (TPSA) is 87.5 Å². The summed E-state index contributed by atoms with van der Waals surface area (Å²) in [5, 5.41) is 5.53. The SMILES string of the molecule is O=C(CCNC(=O)c1ccco1)NC1CCN(c2ccc(C(F)(F)F)cn2)CC1. The van der Waals surface area contributed by atoms with E-state index in [-0.39, 0.29) is 36.6 Å². The summed E-state index contributed by atoms with van der Waals surface area (Å²) >= 11 is 0. The highest BCUT2D eigenvalue weighted by Gasteiger charge is 2.31. The van der Waals surface area contributed by atoms with Crippen molar-refractivity contribution in [3.8, 4) is 0 Å². The smallest absolute Gasteiger partial charge is 0.417 e. The van der Waals surface area contributed by atoms with Crippen LogP contribution in [0.2, 0.25) is 0 Å². The fourth-order valence-electron chi connectivity index (χ4n) is 3.08. The minimum Gasteiger partial charge on any atom is -0.459 e. The minimum absolute atomic E-state index is 0.0195. The molecule has 0 spiro atoms. The van der Waals surface area contributed by atoms with Crippen LogP contribution < -0.4 is 15.5 Å². The van der Waals surface area contributed by atoms with Crippen LogP contribution >= 0.6 is 0 Å². The molecular weight excluding hydrogens is 389 g/mol. The van der Waals surface area contributed by atoms with Gasteiger partial charge in [-0.05, 0) is 37.1 Å². The van der Waals surface area contributed by atoms with Gasteiger partial charge in [-0.1, -0.05) is 0 Å². The predicted octanol–water partition coefficient (Wildman–Crippen LogP) is 2.60. The second-order valence-corrected chi connectivity index (χ2v) is 6.71. The molecule has 0 bridgehead atoms. The Kier molecular flexibility index (Phi) is 6.40. The van der Waals surface area contributed by atoms with Crippen LogP contribution in [0.5, 0.6) is 0 Å². The van der Waals surface area contributed by atoms with E-state index < -0.39 is 11.7 Å². The molecule has 0 atom stereocenters. The average molecular weight is 410 g/mol. The Balaban J connectivity index is 1.38. The molecule has 2 N–H and O–H groups in total. The monoisotopic (exact) mass is 410 g/mol. The van der Waals surface area contributed by atoms with E-state index in [9.17, 15) is 22.8 Å². The van der Waals surface area contributed by atoms with Crippen molar-refractivity contribution in [3.05, 3.63) is 48.0 Å². The Labute approximate surface area is 165 Å². The van der Waals surface area contributed by atoms with E-state index in [0.717, 1.165) is 12.3 Å². The number of nitrogens with zero attached hydrogens (tertiary/aromatic N) is 2. The Hall–Kier alpha value is -3.04. The van der Waals surface area contributed by atoms with Gasteiger partial charge >= 0.3 is 6.18 Å². The summed E-state index contributed by atoms with van der Waals surface area (Å²) in [4.78, 5) is 29.6. The molecule has 0 saturated carbocycles. The normalized spacial score (nSPS) is 15.2. The zero-order valence-electron chi connectivity index (χ0n) is 15.5. The van der Waals surface area contributed by atoms with Gasteiger partial charge < -0.3 is 20.0 Å². The number of halogens is 3. The van der Waals surface area contributed by atoms with Gasteiger partial charge in [0.15, 0.2) is 5.76 Å². The molecule has 7 nitrogen and oxygen atoms in total. The molecule has 2 aromatic rings. The number of rotatable bonds is 6. The van der Waals surface area contributed by atoms with E-state index in [2.05, 4.69) is 15.6 Å². The van der Waals surface area contributed by atoms with Crippen molar-refractivity contribution in [1.29, 1.82) is 0 Å². The number of carbonyl (C=O) groups excluding carboxylic acids is 2. The summed E-state index contributed by atoms with van der Waals surface area (Å²) in [6.07, 6.45) is -0.706. The largest absolute Gasteiger partial charge is 0.459 e. The lowest BCUT2D eigenvalue weighted by Gasteiger charge is -2.33. The van der Waals surface area contributed by atoms with Crippen LogP contribution in [0.3, 0.4) is 0 Å². The molecule has 0 aromatic carbocycles. The van der Waals surface area contributed by atoms with E-state index in [1.54, 1.807) is 6.07 Å². The maximum Gasteiger partial charge on any atom is 0.417 e. The fourth-order valence-corrected chi connectivity index (χ4v) is 3.08. The first kappa shape index (κ1) is 20.7. The molecule has 0 radical (unpaired) electrons. The highest BCUT2D eigenvalue weighted by Crippen LogP contribution is 2.29. The van der Waals surface area contributed by atoms with E-state index in [4.69, 9.17) is 4.42 Å². The summed E-state index contributed by atoms with van der Waals surface area (Å²) in [7, 11) is 0. The molecule has 3 heterocycles. The van der Waals surface area contributed by atoms with Gasteiger partial charge in [-0.25, -0.2) is 4.98 Å². The number of piperidine rings is 1. The van der Waals surface area contributed by atoms with Gasteiger partial charge in [0.1, 0.15) is 5.82 Å². The first-order chi connectivity index (χ1) is 13.8. The van der Waals surface area contributed by atoms with Crippen molar-refractivity contribution >= 4 is 17.6 Å². The molecule has 0 aliphatic carbocycles. The van der Waals surface area contributed by atoms with Gasteiger partial charge in [-0.2, -0.15) is 13.2 Å². The van der Waals surface area contributed by atoms with Crippen molar-refractivity contribution in [2.24, 2.45) is 0 Å². The van der Waals surface area contributed by atoms with Crippen LogP contribution in [0.1, 0.15) is 35.4 Å². The first-order valence-corrected chi connectivity index (χ1v) is 9.22. The van der Waals surface area contributed by atoms with Gasteiger partial charge in [0.05, 0.1) is 11.8 Å². The molecular formula is C19H21F3N4O3. The summed E-state index contributed by atoms with van der Waals surface area (Å²) in [5.74, 6) is 0.133. The number of alkyl halides is 3. The van der Waals surface area contributed by atoms with Crippen LogP contribution in [0.15, 0.2) is 41.1 Å². The van der Waals surface area contributed by atoms with E-state index in [1.807, 2.05) is 4.90 Å². The van der Waals surface area contributed by atoms with Crippen molar-refractivity contribution < 1.29 is 27.2 Å². The molecule has 1 fully saturated rings. The lowest BCUT2D eigenvalue weighted by molar-refractivity contribution is -0.137. The third-order valence-electron chi connectivity index (χ3n) is 4.64. The third kappa shape index (κ3) is 5.72. The van der Waals surface area contributed by atoms with Crippen molar-refractivity contribution in [1.82, 2.24) is 15.6 Å². The number of aromatic nitrogens is 1. The third-order valence-corrected chi connectivity index (χ3v) is 4.64. The predicted molar refractivity (Wildman–Crippen MR) is 98.3 cm³/mol. The number of hydrogen-bond acceptors (Lipinski definition) is 5. The van der Waals surface area contributed by atoms with E-state index in [1.165, 1.54) is 18.4 Å². The molecule has 29 heavy (non-hydrogen) atoms. The van der Waals surface area contributed by atoms with Gasteiger partial charge in [-0.3, -0.25) is 9.59 Å². The van der Waals surface area contributed by atoms with Crippen LogP contribution in [-0.2, 0) is 11.0 Å². The summed E-state index contributed by atoms with van der Waals surface area (Å²) in [5.41, 5.74) is -0.775. The molecule has 1 saturated heterocycles. The number of amides is 2. The molecule has 1 aliphatic rings. The number of nitrogens with one attached hydrogen (secondary N) is 2. The molecule has 10 heteroatoms. The molecule has 3 rings (SSSR count). The number of hydrogen-bond donors (Lipinski definition) is 2. The van der Waals surface area contributed by atoms with Crippen molar-refractivity contribution in [3.63, 3.8) is 0 Å². The fraction of sp³-hybridized carbons (Fsp3) is 0.421. The maximum absolute atomic E-state index is 12.6. The van der Waals surface area contributed by atoms with Crippen molar-refractivity contribution in [2.75, 3.05) is 24.5 Å². The molecule has 156 valence electrons. The van der Waals surface area contributed by atoms with Crippen LogP contribution in [0, 0.1) is 0 Å². The van der Waals surface area contributed by atoms with Gasteiger partial charge in [0.2, 0.25) is 5.91 Å². The Morgan fingerprint density at radius 3 is 2.55 bits per heavy atom. The highest BCUT2D eigenvalue weighted by atomic mass is 19.4. The number of carbonyl (C=O) groups is 2. The van der Waals surface area contributed by atoms with Gasteiger partial charge in [-0.15, -0.1) is 0 Å². The first-order valence-electron chi connectivity index (χ1n) is 9.22. The Morgan fingerprint density at radius 2 is 1.97 bits per heavy atom. The van der Waals surface area contributed by atoms with Crippen LogP contribution in [0.25, 0.3) is 0 Å². The lowest BCUT2D eigenvalue weighted by Crippen LogP contribution is -2.45. The average Bonchev–Trinajstić information content (AvgIpc) is 3.23. The van der Waals surface area contributed by atoms with E-state index >= 15 is 0 Å². The summed E-state index contributed by atoms with van der Waals surface area (Å²) in [6.45, 7) is 1.36. The van der Waals surface area contributed by atoms with Crippen LogP contribution in [0.4, 0.5) is 19.0 Å². The quantitative estimate of drug-likeness (QED) is 0.765. The molecule has 0 unspecified atom stereocenters. The minimum atomic E-state index is -4.40. The van der Waals surface area contributed by atoms with Gasteiger partial charge in [0.25, 0.3) is 5.91 Å². The van der Waals surface area contributed by atoms with Crippen molar-refractivity contribution in [2.45, 2.75) is 31.5 Å². The summed E-state index contributed by atoms with van der Waals surface area (Å²) in [6, 6.07) is 5.51. The molecule has 2 amide bonds. The summed E-state index contributed by atoms with van der Waals surface area (Å²) < 4.78 is 42.8. The van der Waals surface area contributed by atoms with Crippen LogP contribution in [-0.4, -0.2) is 42.5 Å². The Bertz CT molecular complexity index is 814. The molecule has 2 aromatic heterocycles. The van der Waals surface area contributed by atoms with Gasteiger partial charge in [0, 0.05) is 38.3 Å². The Morgan fingerprint density at radius 1 is 1.21 bits per heavy atom. The standard InChI is InChI=1S/C19H21F3N4O3/c20-19(21,22)13-3-4-16(24-12-13)26-9-6-14(7-10-26)25-17(27)5-8-23-18(28)15-2-1-11-29-15/h1-4,11-12,14H,5-10H2,(H,23,28)(H,25,27). The zero-order chi connectivity index (χ0) is 20.9. The molecule has 1 aliphatic heterocycles. The second kappa shape index (κ2) is 8.97. The number of furan rings is 1. The number of pyridine rings is 1. The zero-order valence-corrected chi connectivity index (χ0v) is 15.5. The second-order valence-electron chi connectivity index (χ2n) is 6.71. The number of anilines is 1. The highest BCUT2D eigenvalue weighted by molar-refractivity contribution is 5.91. The lowest BCUT2D eigenvalue weighted by atomic mass is 10.0. The maximum atomic E-state index is 12.6.